The molecule has 0 heterocycles. The first kappa shape index (κ1) is 13.6. The third kappa shape index (κ3) is 3.81. The minimum Gasteiger partial charge on any atom is -0.330 e. The fraction of sp³-hybridized carbons (Fsp3) is 0.133. The van der Waals surface area contributed by atoms with E-state index in [0.717, 1.165) is 12.0 Å². The first-order valence-corrected chi connectivity index (χ1v) is 6.43. The van der Waals surface area contributed by atoms with E-state index in [-0.39, 0.29) is 5.91 Å². The fourth-order valence-electron chi connectivity index (χ4n) is 1.76. The van der Waals surface area contributed by atoms with Crippen LogP contribution in [0.15, 0.2) is 48.5 Å². The normalized spacial score (nSPS) is 10.2. The van der Waals surface area contributed by atoms with Crippen molar-refractivity contribution in [2.75, 3.05) is 11.9 Å². The molecule has 0 saturated carbocycles. The smallest absolute Gasteiger partial charge is 0.255 e. The molecular weight excluding hydrogens is 260 g/mol. The Balaban J connectivity index is 2.07. The minimum atomic E-state index is -0.151. The predicted molar refractivity (Wildman–Crippen MR) is 78.6 cm³/mol. The maximum atomic E-state index is 12.0. The van der Waals surface area contributed by atoms with Crippen LogP contribution in [0, 0.1) is 0 Å². The van der Waals surface area contributed by atoms with Crippen molar-refractivity contribution in [2.45, 2.75) is 6.42 Å². The standard InChI is InChI=1S/C15H15ClN2O/c16-13-2-1-3-14(10-13)18-15(19)12-6-4-11(5-7-12)8-9-17/h1-7,10H,8-9,17H2,(H,18,19). The van der Waals surface area contributed by atoms with Gasteiger partial charge in [-0.05, 0) is 48.9 Å². The van der Waals surface area contributed by atoms with Crippen LogP contribution in [0.4, 0.5) is 5.69 Å². The molecular formula is C15H15ClN2O. The number of nitrogens with two attached hydrogens (primary N) is 1. The number of nitrogens with one attached hydrogen (secondary N) is 1. The monoisotopic (exact) mass is 274 g/mol. The van der Waals surface area contributed by atoms with E-state index in [1.807, 2.05) is 12.1 Å². The fourth-order valence-corrected chi connectivity index (χ4v) is 1.95. The average molecular weight is 275 g/mol. The molecule has 0 aliphatic rings. The summed E-state index contributed by atoms with van der Waals surface area (Å²) in [5.74, 6) is -0.151. The zero-order chi connectivity index (χ0) is 13.7. The Morgan fingerprint density at radius 3 is 2.53 bits per heavy atom. The number of halogens is 1. The summed E-state index contributed by atoms with van der Waals surface area (Å²) in [7, 11) is 0. The van der Waals surface area contributed by atoms with Gasteiger partial charge in [-0.15, -0.1) is 0 Å². The lowest BCUT2D eigenvalue weighted by Gasteiger charge is -2.06. The Morgan fingerprint density at radius 2 is 1.89 bits per heavy atom. The molecule has 0 bridgehead atoms. The summed E-state index contributed by atoms with van der Waals surface area (Å²) in [6, 6.07) is 14.5. The zero-order valence-corrected chi connectivity index (χ0v) is 11.2. The predicted octanol–water partition coefficient (Wildman–Crippen LogP) is 3.09. The zero-order valence-electron chi connectivity index (χ0n) is 10.4. The van der Waals surface area contributed by atoms with Crippen molar-refractivity contribution in [2.24, 2.45) is 5.73 Å². The van der Waals surface area contributed by atoms with Gasteiger partial charge in [-0.2, -0.15) is 0 Å². The summed E-state index contributed by atoms with van der Waals surface area (Å²) < 4.78 is 0. The van der Waals surface area contributed by atoms with Gasteiger partial charge in [0.2, 0.25) is 0 Å². The second kappa shape index (κ2) is 6.36. The number of amides is 1. The van der Waals surface area contributed by atoms with Crippen molar-refractivity contribution >= 4 is 23.2 Å². The average Bonchev–Trinajstić information content (AvgIpc) is 2.40. The SMILES string of the molecule is NCCc1ccc(C(=O)Nc2cccc(Cl)c2)cc1. The Hall–Kier alpha value is -1.84. The van der Waals surface area contributed by atoms with Crippen LogP contribution in [0.3, 0.4) is 0 Å². The van der Waals surface area contributed by atoms with E-state index < -0.39 is 0 Å². The molecule has 0 radical (unpaired) electrons. The number of carbonyl (C=O) groups excluding carboxylic acids is 1. The van der Waals surface area contributed by atoms with Gasteiger partial charge in [0.05, 0.1) is 0 Å². The number of hydrogen-bond donors (Lipinski definition) is 2. The topological polar surface area (TPSA) is 55.1 Å². The second-order valence-electron chi connectivity index (χ2n) is 4.20. The van der Waals surface area contributed by atoms with Crippen LogP contribution >= 0.6 is 11.6 Å². The Labute approximate surface area is 117 Å². The summed E-state index contributed by atoms with van der Waals surface area (Å²) in [5.41, 5.74) is 7.91. The Morgan fingerprint density at radius 1 is 1.16 bits per heavy atom. The molecule has 98 valence electrons. The van der Waals surface area contributed by atoms with E-state index in [0.29, 0.717) is 22.8 Å². The van der Waals surface area contributed by atoms with Crippen molar-refractivity contribution in [1.82, 2.24) is 0 Å². The van der Waals surface area contributed by atoms with E-state index in [9.17, 15) is 4.79 Å². The van der Waals surface area contributed by atoms with Crippen molar-refractivity contribution < 1.29 is 4.79 Å². The number of rotatable bonds is 4. The van der Waals surface area contributed by atoms with E-state index >= 15 is 0 Å². The van der Waals surface area contributed by atoms with Crippen molar-refractivity contribution in [3.05, 3.63) is 64.7 Å². The molecule has 0 aromatic heterocycles. The highest BCUT2D eigenvalue weighted by Gasteiger charge is 2.06. The molecule has 3 nitrogen and oxygen atoms in total. The molecule has 0 fully saturated rings. The van der Waals surface area contributed by atoms with Gasteiger partial charge < -0.3 is 11.1 Å². The molecule has 4 heteroatoms. The number of hydrogen-bond acceptors (Lipinski definition) is 2. The largest absolute Gasteiger partial charge is 0.330 e. The lowest BCUT2D eigenvalue weighted by Crippen LogP contribution is -2.12. The molecule has 0 aliphatic heterocycles. The summed E-state index contributed by atoms with van der Waals surface area (Å²) in [5, 5.41) is 3.40. The van der Waals surface area contributed by atoms with Crippen LogP contribution in [0.5, 0.6) is 0 Å². The first-order valence-electron chi connectivity index (χ1n) is 6.05. The third-order valence-electron chi connectivity index (χ3n) is 2.73. The van der Waals surface area contributed by atoms with Crippen molar-refractivity contribution in [3.8, 4) is 0 Å². The summed E-state index contributed by atoms with van der Waals surface area (Å²) in [6.45, 7) is 0.605. The second-order valence-corrected chi connectivity index (χ2v) is 4.64. The quantitative estimate of drug-likeness (QED) is 0.900. The molecule has 19 heavy (non-hydrogen) atoms. The van der Waals surface area contributed by atoms with Gasteiger partial charge in [-0.1, -0.05) is 29.8 Å². The van der Waals surface area contributed by atoms with E-state index in [1.165, 1.54) is 0 Å². The van der Waals surface area contributed by atoms with E-state index in [4.69, 9.17) is 17.3 Å². The van der Waals surface area contributed by atoms with E-state index in [2.05, 4.69) is 5.32 Å². The highest BCUT2D eigenvalue weighted by molar-refractivity contribution is 6.30. The molecule has 2 aromatic rings. The Kier molecular flexibility index (Phi) is 4.55. The van der Waals surface area contributed by atoms with Crippen LogP contribution in [0.25, 0.3) is 0 Å². The van der Waals surface area contributed by atoms with Crippen molar-refractivity contribution in [3.63, 3.8) is 0 Å². The minimum absolute atomic E-state index is 0.151. The Bertz CT molecular complexity index is 567. The number of anilines is 1. The van der Waals surface area contributed by atoms with Crippen LogP contribution in [-0.2, 0) is 6.42 Å². The van der Waals surface area contributed by atoms with Crippen molar-refractivity contribution in [1.29, 1.82) is 0 Å². The van der Waals surface area contributed by atoms with Crippen LogP contribution < -0.4 is 11.1 Å². The molecule has 2 rings (SSSR count). The maximum Gasteiger partial charge on any atom is 0.255 e. The molecule has 0 saturated heterocycles. The molecule has 0 atom stereocenters. The van der Waals surface area contributed by atoms with Gasteiger partial charge in [-0.3, -0.25) is 4.79 Å². The first-order chi connectivity index (χ1) is 9.19. The highest BCUT2D eigenvalue weighted by Crippen LogP contribution is 2.16. The van der Waals surface area contributed by atoms with Crippen LogP contribution in [-0.4, -0.2) is 12.5 Å². The summed E-state index contributed by atoms with van der Waals surface area (Å²) in [6.07, 6.45) is 0.816. The van der Waals surface area contributed by atoms with Gasteiger partial charge in [0.25, 0.3) is 5.91 Å². The maximum absolute atomic E-state index is 12.0. The van der Waals surface area contributed by atoms with Gasteiger partial charge in [0, 0.05) is 16.3 Å². The molecule has 0 spiro atoms. The van der Waals surface area contributed by atoms with E-state index in [1.54, 1.807) is 36.4 Å². The molecule has 1 amide bonds. The summed E-state index contributed by atoms with van der Waals surface area (Å²) >= 11 is 5.87. The van der Waals surface area contributed by atoms with Gasteiger partial charge >= 0.3 is 0 Å². The molecule has 2 aromatic carbocycles. The third-order valence-corrected chi connectivity index (χ3v) is 2.97. The summed E-state index contributed by atoms with van der Waals surface area (Å²) in [4.78, 5) is 12.0. The molecule has 0 aliphatic carbocycles. The van der Waals surface area contributed by atoms with Gasteiger partial charge in [0.15, 0.2) is 0 Å². The molecule has 0 unspecified atom stereocenters. The highest BCUT2D eigenvalue weighted by atomic mass is 35.5. The number of carbonyl (C=O) groups is 1. The number of benzene rings is 2. The lowest BCUT2D eigenvalue weighted by atomic mass is 10.1. The molecule has 3 N–H and O–H groups in total. The van der Waals surface area contributed by atoms with Crippen LogP contribution in [0.2, 0.25) is 5.02 Å². The van der Waals surface area contributed by atoms with Gasteiger partial charge in [0.1, 0.15) is 0 Å². The van der Waals surface area contributed by atoms with Gasteiger partial charge in [-0.25, -0.2) is 0 Å². The van der Waals surface area contributed by atoms with Crippen LogP contribution in [0.1, 0.15) is 15.9 Å². The lowest BCUT2D eigenvalue weighted by molar-refractivity contribution is 0.102.